The van der Waals surface area contributed by atoms with Crippen molar-refractivity contribution in [2.75, 3.05) is 7.11 Å². The van der Waals surface area contributed by atoms with Gasteiger partial charge in [-0.1, -0.05) is 66.7 Å². The lowest BCUT2D eigenvalue weighted by Crippen LogP contribution is -2.43. The van der Waals surface area contributed by atoms with Crippen molar-refractivity contribution in [3.8, 4) is 5.75 Å². The molecule has 2 N–H and O–H groups in total. The second-order valence-corrected chi connectivity index (χ2v) is 12.8. The molecule has 1 aliphatic rings. The molecule has 0 aromatic heterocycles. The molecule has 0 heterocycles. The largest absolute Gasteiger partial charge is 0.497 e. The summed E-state index contributed by atoms with van der Waals surface area (Å²) in [5.41, 5.74) is 2.96. The predicted molar refractivity (Wildman–Crippen MR) is 169 cm³/mol. The maximum Gasteiger partial charge on any atom is 0.247 e. The first kappa shape index (κ1) is 31.9. The van der Waals surface area contributed by atoms with Gasteiger partial charge in [-0.05, 0) is 77.9 Å². The number of hydrogen-bond donors (Lipinski definition) is 2. The maximum atomic E-state index is 14.0. The highest BCUT2D eigenvalue weighted by molar-refractivity contribution is 7.89. The Kier molecular flexibility index (Phi) is 10.3. The quantitative estimate of drug-likeness (QED) is 0.197. The highest BCUT2D eigenvalue weighted by atomic mass is 32.2. The Morgan fingerprint density at radius 1 is 0.867 bits per heavy atom. The fourth-order valence-electron chi connectivity index (χ4n) is 4.97. The number of ether oxygens (including phenoxy) is 1. The monoisotopic (exact) mass is 629 g/mol. The standard InChI is InChI=1S/C35H36FN3O5S/c1-44-31-18-9-26(10-19-31)23-37-35(41)34(28-5-3-2-4-6-28)39(24-27-7-14-29(36)15-8-27)33(40)22-13-25-11-20-32(21-12-25)45(42,43)38-30-16-17-30/h2-12,14-15,18-21,30,34,38H,13,16-17,22-24H2,1H3,(H,37,41)/t34-/m0/s1. The van der Waals surface area contributed by atoms with Crippen LogP contribution in [-0.4, -0.2) is 38.3 Å². The molecule has 45 heavy (non-hydrogen) atoms. The maximum absolute atomic E-state index is 14.0. The molecule has 1 atom stereocenters. The fourth-order valence-corrected chi connectivity index (χ4v) is 6.27. The lowest BCUT2D eigenvalue weighted by atomic mass is 10.0. The number of methoxy groups -OCH3 is 1. The summed E-state index contributed by atoms with van der Waals surface area (Å²) in [6, 6.07) is 27.8. The van der Waals surface area contributed by atoms with Crippen molar-refractivity contribution in [3.63, 3.8) is 0 Å². The highest BCUT2D eigenvalue weighted by Gasteiger charge is 2.32. The third-order valence-electron chi connectivity index (χ3n) is 7.65. The van der Waals surface area contributed by atoms with Crippen LogP contribution in [0.5, 0.6) is 5.75 Å². The number of benzene rings is 4. The molecule has 5 rings (SSSR count). The van der Waals surface area contributed by atoms with Crippen LogP contribution in [0.3, 0.4) is 0 Å². The van der Waals surface area contributed by atoms with Crippen LogP contribution < -0.4 is 14.8 Å². The third-order valence-corrected chi connectivity index (χ3v) is 9.18. The zero-order chi connectivity index (χ0) is 31.8. The minimum atomic E-state index is -3.58. The highest BCUT2D eigenvalue weighted by Crippen LogP contribution is 2.26. The van der Waals surface area contributed by atoms with E-state index < -0.39 is 21.9 Å². The van der Waals surface area contributed by atoms with Crippen LogP contribution in [0.4, 0.5) is 4.39 Å². The van der Waals surface area contributed by atoms with Crippen LogP contribution in [-0.2, 0) is 39.1 Å². The van der Waals surface area contributed by atoms with Crippen molar-refractivity contribution >= 4 is 21.8 Å². The Bertz CT molecular complexity index is 1690. The van der Waals surface area contributed by atoms with E-state index in [0.29, 0.717) is 23.3 Å². The normalized spacial score (nSPS) is 13.6. The molecule has 0 bridgehead atoms. The number of nitrogens with zero attached hydrogens (tertiary/aromatic N) is 1. The van der Waals surface area contributed by atoms with E-state index in [1.165, 1.54) is 17.0 Å². The Morgan fingerprint density at radius 3 is 2.11 bits per heavy atom. The number of nitrogens with one attached hydrogen (secondary N) is 2. The zero-order valence-electron chi connectivity index (χ0n) is 25.0. The van der Waals surface area contributed by atoms with Gasteiger partial charge in [0.05, 0.1) is 12.0 Å². The number of hydrogen-bond acceptors (Lipinski definition) is 5. The van der Waals surface area contributed by atoms with E-state index in [2.05, 4.69) is 10.0 Å². The third kappa shape index (κ3) is 8.77. The first-order valence-electron chi connectivity index (χ1n) is 14.8. The Labute approximate surface area is 263 Å². The summed E-state index contributed by atoms with van der Waals surface area (Å²) in [4.78, 5) is 29.5. The van der Waals surface area contributed by atoms with Crippen LogP contribution in [0.1, 0.15) is 47.6 Å². The van der Waals surface area contributed by atoms with E-state index in [0.717, 1.165) is 24.0 Å². The molecular formula is C35H36FN3O5S. The summed E-state index contributed by atoms with van der Waals surface area (Å²) < 4.78 is 46.7. The van der Waals surface area contributed by atoms with Crippen molar-refractivity contribution < 1.29 is 27.1 Å². The number of carbonyl (C=O) groups is 2. The van der Waals surface area contributed by atoms with Crippen LogP contribution in [0.25, 0.3) is 0 Å². The molecule has 8 nitrogen and oxygen atoms in total. The van der Waals surface area contributed by atoms with Crippen molar-refractivity contribution in [2.24, 2.45) is 0 Å². The molecule has 0 radical (unpaired) electrons. The number of rotatable bonds is 14. The van der Waals surface area contributed by atoms with E-state index in [-0.39, 0.29) is 42.3 Å². The predicted octanol–water partition coefficient (Wildman–Crippen LogP) is 5.29. The summed E-state index contributed by atoms with van der Waals surface area (Å²) in [6.45, 7) is 0.328. The molecule has 10 heteroatoms. The van der Waals surface area contributed by atoms with Crippen molar-refractivity contribution in [1.82, 2.24) is 14.9 Å². The summed E-state index contributed by atoms with van der Waals surface area (Å²) in [7, 11) is -2.00. The van der Waals surface area contributed by atoms with Gasteiger partial charge in [0, 0.05) is 25.6 Å². The van der Waals surface area contributed by atoms with E-state index in [1.54, 1.807) is 55.6 Å². The fraction of sp³-hybridized carbons (Fsp3) is 0.257. The van der Waals surface area contributed by atoms with Gasteiger partial charge in [-0.2, -0.15) is 0 Å². The number of amides is 2. The summed E-state index contributed by atoms with van der Waals surface area (Å²) >= 11 is 0. The summed E-state index contributed by atoms with van der Waals surface area (Å²) in [6.07, 6.45) is 2.10. The molecule has 0 spiro atoms. The molecule has 1 fully saturated rings. The molecule has 2 amide bonds. The molecule has 1 saturated carbocycles. The van der Waals surface area contributed by atoms with Gasteiger partial charge < -0.3 is 15.0 Å². The topological polar surface area (TPSA) is 105 Å². The van der Waals surface area contributed by atoms with Crippen molar-refractivity contribution in [1.29, 1.82) is 0 Å². The van der Waals surface area contributed by atoms with Gasteiger partial charge in [-0.25, -0.2) is 17.5 Å². The van der Waals surface area contributed by atoms with Gasteiger partial charge in [0.1, 0.15) is 17.6 Å². The van der Waals surface area contributed by atoms with Gasteiger partial charge in [0.2, 0.25) is 21.8 Å². The molecular weight excluding hydrogens is 593 g/mol. The Morgan fingerprint density at radius 2 is 1.49 bits per heavy atom. The minimum Gasteiger partial charge on any atom is -0.497 e. The van der Waals surface area contributed by atoms with Crippen LogP contribution >= 0.6 is 0 Å². The SMILES string of the molecule is COc1ccc(CNC(=O)[C@H](c2ccccc2)N(Cc2ccc(F)cc2)C(=O)CCc2ccc(S(=O)(=O)NC3CC3)cc2)cc1. The number of halogens is 1. The van der Waals surface area contributed by atoms with Gasteiger partial charge in [-0.15, -0.1) is 0 Å². The van der Waals surface area contributed by atoms with Crippen molar-refractivity contribution in [2.45, 2.75) is 55.8 Å². The molecule has 1 aliphatic carbocycles. The molecule has 234 valence electrons. The van der Waals surface area contributed by atoms with Crippen LogP contribution in [0.15, 0.2) is 108 Å². The first-order chi connectivity index (χ1) is 21.7. The molecule has 0 aliphatic heterocycles. The second-order valence-electron chi connectivity index (χ2n) is 11.1. The van der Waals surface area contributed by atoms with Gasteiger partial charge in [0.15, 0.2) is 0 Å². The van der Waals surface area contributed by atoms with Gasteiger partial charge in [0.25, 0.3) is 0 Å². The molecule has 0 saturated heterocycles. The average molecular weight is 630 g/mol. The first-order valence-corrected chi connectivity index (χ1v) is 16.3. The van der Waals surface area contributed by atoms with Crippen LogP contribution in [0.2, 0.25) is 0 Å². The minimum absolute atomic E-state index is 0.00496. The van der Waals surface area contributed by atoms with Gasteiger partial charge >= 0.3 is 0 Å². The van der Waals surface area contributed by atoms with Crippen LogP contribution in [0, 0.1) is 5.82 Å². The lowest BCUT2D eigenvalue weighted by Gasteiger charge is -2.32. The number of aryl methyl sites for hydroxylation is 1. The summed E-state index contributed by atoms with van der Waals surface area (Å²) in [5, 5.41) is 2.98. The van der Waals surface area contributed by atoms with E-state index >= 15 is 0 Å². The zero-order valence-corrected chi connectivity index (χ0v) is 25.8. The Hall–Kier alpha value is -4.54. The molecule has 4 aromatic carbocycles. The smallest absolute Gasteiger partial charge is 0.247 e. The molecule has 4 aromatic rings. The number of carbonyl (C=O) groups excluding carboxylic acids is 2. The van der Waals surface area contributed by atoms with Crippen molar-refractivity contribution in [3.05, 3.63) is 131 Å². The second kappa shape index (κ2) is 14.5. The summed E-state index contributed by atoms with van der Waals surface area (Å²) in [5.74, 6) is -0.328. The number of sulfonamides is 1. The van der Waals surface area contributed by atoms with Gasteiger partial charge in [-0.3, -0.25) is 9.59 Å². The lowest BCUT2D eigenvalue weighted by molar-refractivity contribution is -0.141. The van der Waals surface area contributed by atoms with E-state index in [9.17, 15) is 22.4 Å². The van der Waals surface area contributed by atoms with E-state index in [1.807, 2.05) is 42.5 Å². The Balaban J connectivity index is 1.36. The molecule has 0 unspecified atom stereocenters. The average Bonchev–Trinajstić information content (AvgIpc) is 3.87. The van der Waals surface area contributed by atoms with E-state index in [4.69, 9.17) is 4.74 Å².